The first-order valence-electron chi connectivity index (χ1n) is 7.00. The highest BCUT2D eigenvalue weighted by Gasteiger charge is 1.98. The Labute approximate surface area is 128 Å². The van der Waals surface area contributed by atoms with E-state index in [0.29, 0.717) is 5.56 Å². The molecule has 0 saturated heterocycles. The van der Waals surface area contributed by atoms with Crippen LogP contribution in [0.25, 0.3) is 23.3 Å². The van der Waals surface area contributed by atoms with Gasteiger partial charge in [-0.25, -0.2) is 8.78 Å². The highest BCUT2D eigenvalue weighted by molar-refractivity contribution is 5.72. The quantitative estimate of drug-likeness (QED) is 0.535. The van der Waals surface area contributed by atoms with Crippen molar-refractivity contribution in [1.29, 1.82) is 0 Å². The fourth-order valence-electron chi connectivity index (χ4n) is 2.28. The number of halogens is 2. The third-order valence-corrected chi connectivity index (χ3v) is 3.37. The first-order chi connectivity index (χ1) is 10.7. The molecule has 0 aliphatic rings. The standard InChI is InChI=1S/C20H14F2/c21-19-12-16(13-20(22)14-19)7-6-15-8-10-18(11-9-15)17-4-2-1-3-5-17/h1-14H. The normalized spacial score (nSPS) is 11.0. The molecule has 3 aromatic rings. The van der Waals surface area contributed by atoms with Crippen LogP contribution in [0.15, 0.2) is 72.8 Å². The summed E-state index contributed by atoms with van der Waals surface area (Å²) in [6, 6.07) is 21.6. The van der Waals surface area contributed by atoms with Crippen molar-refractivity contribution in [3.05, 3.63) is 95.6 Å². The largest absolute Gasteiger partial charge is 0.207 e. The molecule has 0 saturated carbocycles. The molecule has 3 aromatic carbocycles. The van der Waals surface area contributed by atoms with E-state index in [1.165, 1.54) is 12.1 Å². The predicted octanol–water partition coefficient (Wildman–Crippen LogP) is 5.80. The van der Waals surface area contributed by atoms with Crippen molar-refractivity contribution in [2.75, 3.05) is 0 Å². The molecule has 0 bridgehead atoms. The maximum Gasteiger partial charge on any atom is 0.126 e. The molecule has 0 aliphatic carbocycles. The third-order valence-electron chi connectivity index (χ3n) is 3.37. The van der Waals surface area contributed by atoms with E-state index in [1.54, 1.807) is 6.08 Å². The van der Waals surface area contributed by atoms with E-state index in [4.69, 9.17) is 0 Å². The minimum absolute atomic E-state index is 0.504. The lowest BCUT2D eigenvalue weighted by Crippen LogP contribution is -1.82. The summed E-state index contributed by atoms with van der Waals surface area (Å²) >= 11 is 0. The molecule has 0 amide bonds. The molecule has 3 rings (SSSR count). The Bertz CT molecular complexity index is 767. The van der Waals surface area contributed by atoms with Crippen molar-refractivity contribution in [1.82, 2.24) is 0 Å². The Hall–Kier alpha value is -2.74. The Kier molecular flexibility index (Phi) is 4.10. The van der Waals surface area contributed by atoms with Crippen molar-refractivity contribution in [2.45, 2.75) is 0 Å². The van der Waals surface area contributed by atoms with Gasteiger partial charge in [0, 0.05) is 6.07 Å². The zero-order valence-corrected chi connectivity index (χ0v) is 11.8. The van der Waals surface area contributed by atoms with Crippen LogP contribution in [0.3, 0.4) is 0 Å². The van der Waals surface area contributed by atoms with Crippen molar-refractivity contribution in [3.63, 3.8) is 0 Å². The number of hydrogen-bond acceptors (Lipinski definition) is 0. The molecule has 0 N–H and O–H groups in total. The van der Waals surface area contributed by atoms with Gasteiger partial charge in [-0.15, -0.1) is 0 Å². The van der Waals surface area contributed by atoms with Crippen LogP contribution in [0.4, 0.5) is 8.78 Å². The summed E-state index contributed by atoms with van der Waals surface area (Å²) in [5.74, 6) is -1.14. The van der Waals surface area contributed by atoms with E-state index in [1.807, 2.05) is 48.5 Å². The van der Waals surface area contributed by atoms with Crippen LogP contribution in [0.2, 0.25) is 0 Å². The Morgan fingerprint density at radius 2 is 1.09 bits per heavy atom. The molecule has 2 heteroatoms. The molecule has 0 aliphatic heterocycles. The Morgan fingerprint density at radius 3 is 1.73 bits per heavy atom. The van der Waals surface area contributed by atoms with Crippen LogP contribution in [0.5, 0.6) is 0 Å². The lowest BCUT2D eigenvalue weighted by molar-refractivity contribution is 0.583. The molecule has 0 radical (unpaired) electrons. The van der Waals surface area contributed by atoms with E-state index in [2.05, 4.69) is 12.1 Å². The fourth-order valence-corrected chi connectivity index (χ4v) is 2.28. The van der Waals surface area contributed by atoms with Crippen molar-refractivity contribution >= 4 is 12.2 Å². The van der Waals surface area contributed by atoms with Gasteiger partial charge in [-0.2, -0.15) is 0 Å². The zero-order valence-electron chi connectivity index (χ0n) is 11.8. The molecule has 0 nitrogen and oxygen atoms in total. The van der Waals surface area contributed by atoms with E-state index in [0.717, 1.165) is 22.8 Å². The Morgan fingerprint density at radius 1 is 0.545 bits per heavy atom. The summed E-state index contributed by atoms with van der Waals surface area (Å²) in [4.78, 5) is 0. The van der Waals surface area contributed by atoms with E-state index < -0.39 is 11.6 Å². The average Bonchev–Trinajstić information content (AvgIpc) is 2.53. The molecule has 22 heavy (non-hydrogen) atoms. The molecule has 0 aromatic heterocycles. The van der Waals surface area contributed by atoms with Gasteiger partial charge in [0.25, 0.3) is 0 Å². The number of hydrogen-bond donors (Lipinski definition) is 0. The molecule has 0 spiro atoms. The lowest BCUT2D eigenvalue weighted by atomic mass is 10.0. The number of rotatable bonds is 3. The van der Waals surface area contributed by atoms with Crippen LogP contribution in [0.1, 0.15) is 11.1 Å². The van der Waals surface area contributed by atoms with Crippen LogP contribution in [0, 0.1) is 11.6 Å². The van der Waals surface area contributed by atoms with E-state index in [9.17, 15) is 8.78 Å². The summed E-state index contributed by atoms with van der Waals surface area (Å²) in [6.07, 6.45) is 3.53. The molecule has 0 heterocycles. The van der Waals surface area contributed by atoms with Gasteiger partial charge in [-0.1, -0.05) is 66.7 Å². The molecule has 108 valence electrons. The first kappa shape index (κ1) is 14.2. The molecule has 0 fully saturated rings. The average molecular weight is 292 g/mol. The third kappa shape index (κ3) is 3.47. The Balaban J connectivity index is 1.80. The van der Waals surface area contributed by atoms with Gasteiger partial charge in [-0.05, 0) is 34.4 Å². The van der Waals surface area contributed by atoms with Gasteiger partial charge in [-0.3, -0.25) is 0 Å². The summed E-state index contributed by atoms with van der Waals surface area (Å²) in [7, 11) is 0. The van der Waals surface area contributed by atoms with E-state index in [-0.39, 0.29) is 0 Å². The predicted molar refractivity (Wildman–Crippen MR) is 87.2 cm³/mol. The van der Waals surface area contributed by atoms with Gasteiger partial charge in [0.05, 0.1) is 0 Å². The van der Waals surface area contributed by atoms with Gasteiger partial charge in [0.1, 0.15) is 11.6 Å². The monoisotopic (exact) mass is 292 g/mol. The summed E-state index contributed by atoms with van der Waals surface area (Å²) in [5.41, 5.74) is 3.77. The van der Waals surface area contributed by atoms with Crippen LogP contribution in [-0.4, -0.2) is 0 Å². The van der Waals surface area contributed by atoms with Gasteiger partial charge >= 0.3 is 0 Å². The second-order valence-corrected chi connectivity index (χ2v) is 5.02. The minimum atomic E-state index is -0.570. The second kappa shape index (κ2) is 6.35. The minimum Gasteiger partial charge on any atom is -0.207 e. The van der Waals surface area contributed by atoms with Crippen molar-refractivity contribution in [3.8, 4) is 11.1 Å². The summed E-state index contributed by atoms with van der Waals surface area (Å²) in [5, 5.41) is 0. The highest BCUT2D eigenvalue weighted by atomic mass is 19.1. The number of benzene rings is 3. The maximum atomic E-state index is 13.1. The smallest absolute Gasteiger partial charge is 0.126 e. The summed E-state index contributed by atoms with van der Waals surface area (Å²) in [6.45, 7) is 0. The molecule has 0 atom stereocenters. The topological polar surface area (TPSA) is 0 Å². The second-order valence-electron chi connectivity index (χ2n) is 5.02. The first-order valence-corrected chi connectivity index (χ1v) is 7.00. The molecule has 0 unspecified atom stereocenters. The fraction of sp³-hybridized carbons (Fsp3) is 0. The van der Waals surface area contributed by atoms with Gasteiger partial charge < -0.3 is 0 Å². The van der Waals surface area contributed by atoms with E-state index >= 15 is 0 Å². The van der Waals surface area contributed by atoms with Crippen molar-refractivity contribution < 1.29 is 8.78 Å². The van der Waals surface area contributed by atoms with Crippen LogP contribution in [-0.2, 0) is 0 Å². The maximum absolute atomic E-state index is 13.1. The van der Waals surface area contributed by atoms with Crippen molar-refractivity contribution in [2.24, 2.45) is 0 Å². The van der Waals surface area contributed by atoms with Gasteiger partial charge in [0.15, 0.2) is 0 Å². The molecular formula is C20H14F2. The SMILES string of the molecule is Fc1cc(F)cc(C=Cc2ccc(-c3ccccc3)cc2)c1. The molecular weight excluding hydrogens is 278 g/mol. The van der Waals surface area contributed by atoms with Crippen LogP contribution >= 0.6 is 0 Å². The summed E-state index contributed by atoms with van der Waals surface area (Å²) < 4.78 is 26.2. The lowest BCUT2D eigenvalue weighted by Gasteiger charge is -2.02. The van der Waals surface area contributed by atoms with Crippen LogP contribution < -0.4 is 0 Å². The highest BCUT2D eigenvalue weighted by Crippen LogP contribution is 2.20. The zero-order chi connectivity index (χ0) is 15.4. The van der Waals surface area contributed by atoms with Gasteiger partial charge in [0.2, 0.25) is 0 Å².